The molecule has 0 amide bonds. The molecule has 0 atom stereocenters. The molecule has 5 nitrogen and oxygen atoms in total. The van der Waals surface area contributed by atoms with Gasteiger partial charge in [0.15, 0.2) is 11.5 Å². The zero-order chi connectivity index (χ0) is 19.5. The molecule has 142 valence electrons. The fourth-order valence-electron chi connectivity index (χ4n) is 2.82. The Kier molecular flexibility index (Phi) is 6.18. The first-order chi connectivity index (χ1) is 12.2. The maximum Gasteiger partial charge on any atom is 0.340 e. The van der Waals surface area contributed by atoms with Crippen molar-refractivity contribution in [3.05, 3.63) is 47.5 Å². The van der Waals surface area contributed by atoms with Gasteiger partial charge in [-0.3, -0.25) is 0 Å². The van der Waals surface area contributed by atoms with Crippen LogP contribution < -0.4 is 13.7 Å². The van der Waals surface area contributed by atoms with Crippen molar-refractivity contribution < 1.29 is 22.1 Å². The van der Waals surface area contributed by atoms with Crippen LogP contribution in [-0.2, 0) is 10.1 Å². The van der Waals surface area contributed by atoms with Crippen LogP contribution in [-0.4, -0.2) is 22.6 Å². The van der Waals surface area contributed by atoms with Crippen LogP contribution in [0.15, 0.2) is 41.3 Å². The molecule has 6 heteroatoms. The lowest BCUT2D eigenvalue weighted by molar-refractivity contribution is 0.360. The summed E-state index contributed by atoms with van der Waals surface area (Å²) in [7, 11) is -1.18. The highest BCUT2D eigenvalue weighted by atomic mass is 32.2. The third kappa shape index (κ3) is 3.96. The van der Waals surface area contributed by atoms with Crippen LogP contribution in [0, 0.1) is 0 Å². The van der Waals surface area contributed by atoms with Crippen LogP contribution >= 0.6 is 0 Å². The van der Waals surface area contributed by atoms with E-state index >= 15 is 0 Å². The van der Waals surface area contributed by atoms with Crippen LogP contribution in [0.3, 0.4) is 0 Å². The average Bonchev–Trinajstić information content (AvgIpc) is 2.60. The van der Waals surface area contributed by atoms with Gasteiger partial charge in [0.2, 0.25) is 5.75 Å². The molecule has 2 aromatic carbocycles. The molecule has 0 heterocycles. The lowest BCUT2D eigenvalue weighted by Gasteiger charge is -2.20. The number of methoxy groups -OCH3 is 2. The Labute approximate surface area is 156 Å². The highest BCUT2D eigenvalue weighted by Gasteiger charge is 2.29. The molecular formula is C20H26O5S. The minimum absolute atomic E-state index is 0.0293. The predicted octanol–water partition coefficient (Wildman–Crippen LogP) is 4.72. The van der Waals surface area contributed by atoms with Gasteiger partial charge < -0.3 is 13.7 Å². The SMILES string of the molecule is COc1cccc(OC)c1OS(=O)(=O)c1c(C(C)C)cccc1C(C)C. The summed E-state index contributed by atoms with van der Waals surface area (Å²) in [6.45, 7) is 7.84. The molecule has 0 N–H and O–H groups in total. The second-order valence-electron chi connectivity index (χ2n) is 6.60. The molecule has 0 unspecified atom stereocenters. The molecule has 0 aliphatic carbocycles. The Bertz CT molecular complexity index is 821. The largest absolute Gasteiger partial charge is 0.493 e. The minimum Gasteiger partial charge on any atom is -0.493 e. The summed E-state index contributed by atoms with van der Waals surface area (Å²) in [6.07, 6.45) is 0. The number of hydrogen-bond donors (Lipinski definition) is 0. The summed E-state index contributed by atoms with van der Waals surface area (Å²) in [6, 6.07) is 10.5. The number of para-hydroxylation sites is 1. The summed E-state index contributed by atoms with van der Waals surface area (Å²) >= 11 is 0. The molecular weight excluding hydrogens is 352 g/mol. The lowest BCUT2D eigenvalue weighted by atomic mass is 9.95. The van der Waals surface area contributed by atoms with E-state index in [1.54, 1.807) is 18.2 Å². The molecule has 0 bridgehead atoms. The van der Waals surface area contributed by atoms with E-state index in [-0.39, 0.29) is 22.5 Å². The van der Waals surface area contributed by atoms with Gasteiger partial charge in [-0.2, -0.15) is 8.42 Å². The molecule has 2 rings (SSSR count). The Morgan fingerprint density at radius 2 is 1.19 bits per heavy atom. The summed E-state index contributed by atoms with van der Waals surface area (Å²) < 4.78 is 42.6. The van der Waals surface area contributed by atoms with Crippen molar-refractivity contribution in [3.63, 3.8) is 0 Å². The van der Waals surface area contributed by atoms with Crippen molar-refractivity contribution in [2.24, 2.45) is 0 Å². The van der Waals surface area contributed by atoms with E-state index in [9.17, 15) is 8.42 Å². The van der Waals surface area contributed by atoms with Gasteiger partial charge in [-0.05, 0) is 35.1 Å². The van der Waals surface area contributed by atoms with Crippen LogP contribution in [0.5, 0.6) is 17.2 Å². The van der Waals surface area contributed by atoms with Crippen molar-refractivity contribution in [1.82, 2.24) is 0 Å². The van der Waals surface area contributed by atoms with E-state index in [4.69, 9.17) is 13.7 Å². The smallest absolute Gasteiger partial charge is 0.340 e. The second-order valence-corrected chi connectivity index (χ2v) is 8.09. The van der Waals surface area contributed by atoms with Crippen molar-refractivity contribution in [1.29, 1.82) is 0 Å². The fraction of sp³-hybridized carbons (Fsp3) is 0.400. The maximum atomic E-state index is 13.3. The first-order valence-corrected chi connectivity index (χ1v) is 9.92. The third-order valence-electron chi connectivity index (χ3n) is 4.15. The van der Waals surface area contributed by atoms with Gasteiger partial charge in [0, 0.05) is 0 Å². The van der Waals surface area contributed by atoms with E-state index in [2.05, 4.69) is 0 Å². The maximum absolute atomic E-state index is 13.3. The molecule has 0 saturated carbocycles. The average molecular weight is 378 g/mol. The van der Waals surface area contributed by atoms with Gasteiger partial charge in [-0.1, -0.05) is 52.0 Å². The molecule has 26 heavy (non-hydrogen) atoms. The van der Waals surface area contributed by atoms with Crippen molar-refractivity contribution in [3.8, 4) is 17.2 Å². The van der Waals surface area contributed by atoms with Gasteiger partial charge >= 0.3 is 10.1 Å². The monoisotopic (exact) mass is 378 g/mol. The highest BCUT2D eigenvalue weighted by Crippen LogP contribution is 2.40. The van der Waals surface area contributed by atoms with Crippen molar-refractivity contribution in [2.75, 3.05) is 14.2 Å². The first-order valence-electron chi connectivity index (χ1n) is 8.51. The molecule has 0 radical (unpaired) electrons. The zero-order valence-electron chi connectivity index (χ0n) is 16.1. The topological polar surface area (TPSA) is 61.8 Å². The summed E-state index contributed by atoms with van der Waals surface area (Å²) in [5.74, 6) is 0.691. The number of benzene rings is 2. The highest BCUT2D eigenvalue weighted by molar-refractivity contribution is 7.87. The summed E-state index contributed by atoms with van der Waals surface area (Å²) in [5, 5.41) is 0. The van der Waals surface area contributed by atoms with Gasteiger partial charge in [0.05, 0.1) is 14.2 Å². The summed E-state index contributed by atoms with van der Waals surface area (Å²) in [5.41, 5.74) is 1.45. The van der Waals surface area contributed by atoms with E-state index in [1.807, 2.05) is 45.9 Å². The molecule has 0 spiro atoms. The van der Waals surface area contributed by atoms with E-state index < -0.39 is 10.1 Å². The molecule has 0 aromatic heterocycles. The lowest BCUT2D eigenvalue weighted by Crippen LogP contribution is -2.17. The number of rotatable bonds is 7. The Morgan fingerprint density at radius 1 is 0.769 bits per heavy atom. The zero-order valence-corrected chi connectivity index (χ0v) is 16.9. The minimum atomic E-state index is -4.09. The van der Waals surface area contributed by atoms with Gasteiger partial charge in [0.25, 0.3) is 0 Å². The fourth-order valence-corrected chi connectivity index (χ4v) is 4.47. The van der Waals surface area contributed by atoms with Gasteiger partial charge in [-0.25, -0.2) is 0 Å². The Hall–Kier alpha value is -2.21. The quantitative estimate of drug-likeness (QED) is 0.653. The predicted molar refractivity (Wildman–Crippen MR) is 102 cm³/mol. The standard InChI is InChI=1S/C20H26O5S/c1-13(2)15-9-7-10-16(14(3)4)20(15)26(21,22)25-19-17(23-5)11-8-12-18(19)24-6/h7-14H,1-6H3. The van der Waals surface area contributed by atoms with E-state index in [1.165, 1.54) is 14.2 Å². The molecule has 0 saturated heterocycles. The van der Waals surface area contributed by atoms with E-state index in [0.717, 1.165) is 11.1 Å². The summed E-state index contributed by atoms with van der Waals surface area (Å²) in [4.78, 5) is 0.220. The van der Waals surface area contributed by atoms with Crippen LogP contribution in [0.25, 0.3) is 0 Å². The molecule has 2 aromatic rings. The normalized spacial score (nSPS) is 11.7. The molecule has 0 aliphatic heterocycles. The van der Waals surface area contributed by atoms with Crippen LogP contribution in [0.2, 0.25) is 0 Å². The number of hydrogen-bond acceptors (Lipinski definition) is 5. The molecule has 0 aliphatic rings. The van der Waals surface area contributed by atoms with Crippen molar-refractivity contribution in [2.45, 2.75) is 44.4 Å². The van der Waals surface area contributed by atoms with Crippen molar-refractivity contribution >= 4 is 10.1 Å². The van der Waals surface area contributed by atoms with E-state index in [0.29, 0.717) is 11.5 Å². The Morgan fingerprint density at radius 3 is 1.58 bits per heavy atom. The second kappa shape index (κ2) is 7.99. The van der Waals surface area contributed by atoms with Gasteiger partial charge in [-0.15, -0.1) is 0 Å². The van der Waals surface area contributed by atoms with Crippen LogP contribution in [0.1, 0.15) is 50.7 Å². The van der Waals surface area contributed by atoms with Gasteiger partial charge in [0.1, 0.15) is 4.90 Å². The Balaban J connectivity index is 2.67. The third-order valence-corrected chi connectivity index (χ3v) is 5.50. The first kappa shape index (κ1) is 20.1. The molecule has 0 fully saturated rings. The van der Waals surface area contributed by atoms with Crippen LogP contribution in [0.4, 0.5) is 0 Å². The number of ether oxygens (including phenoxy) is 2.